The Morgan fingerprint density at radius 1 is 0.344 bits per heavy atom. The fourth-order valence-corrected chi connectivity index (χ4v) is 11.8. The molecule has 0 N–H and O–H groups in total. The van der Waals surface area contributed by atoms with E-state index in [0.717, 1.165) is 11.4 Å². The van der Waals surface area contributed by atoms with Crippen molar-refractivity contribution < 1.29 is 0 Å². The highest BCUT2D eigenvalue weighted by Gasteiger charge is 2.53. The van der Waals surface area contributed by atoms with Gasteiger partial charge in [0.15, 0.2) is 0 Å². The van der Waals surface area contributed by atoms with Gasteiger partial charge in [-0.1, -0.05) is 185 Å². The van der Waals surface area contributed by atoms with Gasteiger partial charge in [0.1, 0.15) is 0 Å². The summed E-state index contributed by atoms with van der Waals surface area (Å²) >= 11 is 0. The quantitative estimate of drug-likeness (QED) is 0.172. The molecule has 0 saturated heterocycles. The average molecular weight is 782 g/mol. The number of fused-ring (bicyclic) bond motifs is 13. The first-order valence-electron chi connectivity index (χ1n) is 21.8. The highest BCUT2D eigenvalue weighted by atomic mass is 15.1. The summed E-state index contributed by atoms with van der Waals surface area (Å²) in [5.41, 5.74) is 22.7. The molecule has 292 valence electrons. The standard InChI is InChI=1S/C60H47N/c1-38-35-40(44-22-16-18-39-17-6-7-19-43(39)44)29-34-57(38)61(41-30-32-47-45-20-8-10-23-49(45)58(2,3)55(47)36-41)42-31-33-48-46-21-9-11-24-50(46)60(56(48)37-42)53-27-14-12-25-51(53)59(4,5)52-26-13-15-28-54(52)60/h6-37H,1-5H3. The molecule has 3 aliphatic carbocycles. The van der Waals surface area contributed by atoms with Crippen LogP contribution < -0.4 is 4.90 Å². The summed E-state index contributed by atoms with van der Waals surface area (Å²) in [4.78, 5) is 2.53. The molecule has 0 radical (unpaired) electrons. The molecule has 0 atom stereocenters. The number of hydrogen-bond donors (Lipinski definition) is 0. The van der Waals surface area contributed by atoms with Gasteiger partial charge in [-0.2, -0.15) is 0 Å². The van der Waals surface area contributed by atoms with Crippen molar-refractivity contribution in [2.75, 3.05) is 4.90 Å². The van der Waals surface area contributed by atoms with Crippen molar-refractivity contribution in [3.8, 4) is 33.4 Å². The van der Waals surface area contributed by atoms with Crippen molar-refractivity contribution in [3.05, 3.63) is 244 Å². The lowest BCUT2D eigenvalue weighted by molar-refractivity contribution is 0.563. The van der Waals surface area contributed by atoms with E-state index in [4.69, 9.17) is 0 Å². The Bertz CT molecular complexity index is 3230. The zero-order valence-corrected chi connectivity index (χ0v) is 35.4. The van der Waals surface area contributed by atoms with Crippen LogP contribution in [0.25, 0.3) is 44.2 Å². The molecule has 0 aliphatic heterocycles. The summed E-state index contributed by atoms with van der Waals surface area (Å²) in [7, 11) is 0. The van der Waals surface area contributed by atoms with Crippen LogP contribution in [0.15, 0.2) is 194 Å². The van der Waals surface area contributed by atoms with E-state index in [-0.39, 0.29) is 10.8 Å². The van der Waals surface area contributed by atoms with Crippen molar-refractivity contribution in [2.45, 2.75) is 50.9 Å². The lowest BCUT2D eigenvalue weighted by Gasteiger charge is -2.46. The predicted molar refractivity (Wildman–Crippen MR) is 256 cm³/mol. The maximum Gasteiger partial charge on any atom is 0.0720 e. The molecule has 12 rings (SSSR count). The minimum absolute atomic E-state index is 0.132. The van der Waals surface area contributed by atoms with Crippen molar-refractivity contribution in [1.82, 2.24) is 0 Å². The molecule has 0 fully saturated rings. The monoisotopic (exact) mass is 781 g/mol. The van der Waals surface area contributed by atoms with Gasteiger partial charge in [-0.15, -0.1) is 0 Å². The van der Waals surface area contributed by atoms with E-state index >= 15 is 0 Å². The van der Waals surface area contributed by atoms with E-state index in [0.29, 0.717) is 0 Å². The van der Waals surface area contributed by atoms with Gasteiger partial charge in [-0.3, -0.25) is 0 Å². The summed E-state index contributed by atoms with van der Waals surface area (Å²) in [5, 5.41) is 2.53. The second kappa shape index (κ2) is 12.8. The lowest BCUT2D eigenvalue weighted by atomic mass is 9.55. The van der Waals surface area contributed by atoms with Gasteiger partial charge in [0.25, 0.3) is 0 Å². The largest absolute Gasteiger partial charge is 0.310 e. The second-order valence-electron chi connectivity index (χ2n) is 18.5. The van der Waals surface area contributed by atoms with E-state index in [1.165, 1.54) is 99.9 Å². The molecule has 0 aromatic heterocycles. The van der Waals surface area contributed by atoms with E-state index in [1.54, 1.807) is 0 Å². The molecular weight excluding hydrogens is 735 g/mol. The van der Waals surface area contributed by atoms with Gasteiger partial charge in [0, 0.05) is 27.9 Å². The third-order valence-corrected chi connectivity index (χ3v) is 14.7. The van der Waals surface area contributed by atoms with Gasteiger partial charge in [-0.25, -0.2) is 0 Å². The van der Waals surface area contributed by atoms with Gasteiger partial charge in [-0.05, 0) is 138 Å². The van der Waals surface area contributed by atoms with Gasteiger partial charge >= 0.3 is 0 Å². The Labute approximate surface area is 359 Å². The number of nitrogens with zero attached hydrogens (tertiary/aromatic N) is 1. The fourth-order valence-electron chi connectivity index (χ4n) is 11.8. The molecule has 0 heterocycles. The Morgan fingerprint density at radius 2 is 0.820 bits per heavy atom. The van der Waals surface area contributed by atoms with Crippen LogP contribution in [0, 0.1) is 6.92 Å². The minimum Gasteiger partial charge on any atom is -0.310 e. The van der Waals surface area contributed by atoms with Crippen molar-refractivity contribution in [3.63, 3.8) is 0 Å². The lowest BCUT2D eigenvalue weighted by Crippen LogP contribution is -2.40. The molecule has 9 aromatic rings. The molecule has 0 amide bonds. The first-order valence-corrected chi connectivity index (χ1v) is 21.8. The molecule has 0 unspecified atom stereocenters. The Hall–Kier alpha value is -6.96. The highest BCUT2D eigenvalue weighted by Crippen LogP contribution is 2.63. The third-order valence-electron chi connectivity index (χ3n) is 14.7. The van der Waals surface area contributed by atoms with Crippen LogP contribution in [-0.4, -0.2) is 0 Å². The summed E-state index contributed by atoms with van der Waals surface area (Å²) in [6, 6.07) is 73.5. The van der Waals surface area contributed by atoms with E-state index in [2.05, 4.69) is 234 Å². The molecule has 3 aliphatic rings. The van der Waals surface area contributed by atoms with Crippen LogP contribution in [0.1, 0.15) is 77.8 Å². The third kappa shape index (κ3) is 4.84. The summed E-state index contributed by atoms with van der Waals surface area (Å²) in [6.45, 7) is 11.8. The van der Waals surface area contributed by atoms with E-state index in [9.17, 15) is 0 Å². The second-order valence-corrected chi connectivity index (χ2v) is 18.5. The highest BCUT2D eigenvalue weighted by molar-refractivity contribution is 5.98. The topological polar surface area (TPSA) is 3.24 Å². The average Bonchev–Trinajstić information content (AvgIpc) is 3.71. The van der Waals surface area contributed by atoms with Gasteiger partial charge < -0.3 is 4.90 Å². The summed E-state index contributed by atoms with van der Waals surface area (Å²) in [6.07, 6.45) is 0. The molecule has 9 aromatic carbocycles. The molecule has 1 heteroatoms. The summed E-state index contributed by atoms with van der Waals surface area (Å²) < 4.78 is 0. The number of aryl methyl sites for hydroxylation is 1. The number of benzene rings is 9. The maximum absolute atomic E-state index is 2.53. The molecular formula is C60H47N. The molecule has 61 heavy (non-hydrogen) atoms. The zero-order chi connectivity index (χ0) is 41.3. The van der Waals surface area contributed by atoms with Crippen LogP contribution in [0.4, 0.5) is 17.1 Å². The summed E-state index contributed by atoms with van der Waals surface area (Å²) in [5.74, 6) is 0. The molecule has 1 nitrogen and oxygen atoms in total. The van der Waals surface area contributed by atoms with Crippen molar-refractivity contribution in [1.29, 1.82) is 0 Å². The first-order chi connectivity index (χ1) is 29.7. The Balaban J connectivity index is 1.12. The van der Waals surface area contributed by atoms with E-state index in [1.807, 2.05) is 0 Å². The number of anilines is 3. The number of hydrogen-bond acceptors (Lipinski definition) is 1. The van der Waals surface area contributed by atoms with Crippen LogP contribution in [-0.2, 0) is 16.2 Å². The van der Waals surface area contributed by atoms with E-state index < -0.39 is 5.41 Å². The molecule has 0 saturated carbocycles. The zero-order valence-electron chi connectivity index (χ0n) is 35.4. The molecule has 0 bridgehead atoms. The van der Waals surface area contributed by atoms with Crippen molar-refractivity contribution in [2.24, 2.45) is 0 Å². The normalized spacial score (nSPS) is 15.4. The SMILES string of the molecule is Cc1cc(-c2cccc3ccccc23)ccc1N(c1ccc2c(c1)C(C)(C)c1ccccc1-2)c1ccc2c(c1)C1(c3ccccc3-2)c2ccccc2C(C)(C)c2ccccc21. The first kappa shape index (κ1) is 35.9. The Morgan fingerprint density at radius 3 is 1.49 bits per heavy atom. The number of rotatable bonds is 4. The minimum atomic E-state index is -0.481. The van der Waals surface area contributed by atoms with Crippen LogP contribution in [0.2, 0.25) is 0 Å². The van der Waals surface area contributed by atoms with Crippen LogP contribution in [0.5, 0.6) is 0 Å². The molecule has 1 spiro atoms. The van der Waals surface area contributed by atoms with Gasteiger partial charge in [0.05, 0.1) is 5.41 Å². The predicted octanol–water partition coefficient (Wildman–Crippen LogP) is 15.6. The van der Waals surface area contributed by atoms with Crippen molar-refractivity contribution >= 4 is 27.8 Å². The fraction of sp³-hybridized carbons (Fsp3) is 0.133. The van der Waals surface area contributed by atoms with Crippen LogP contribution in [0.3, 0.4) is 0 Å². The van der Waals surface area contributed by atoms with Crippen LogP contribution >= 0.6 is 0 Å². The maximum atomic E-state index is 2.53. The van der Waals surface area contributed by atoms with Gasteiger partial charge in [0.2, 0.25) is 0 Å². The smallest absolute Gasteiger partial charge is 0.0720 e. The Kier molecular flexibility index (Phi) is 7.53.